The van der Waals surface area contributed by atoms with Gasteiger partial charge in [0.1, 0.15) is 0 Å². The lowest BCUT2D eigenvalue weighted by Gasteiger charge is -2.12. The van der Waals surface area contributed by atoms with Crippen molar-refractivity contribution in [2.45, 2.75) is 19.4 Å². The summed E-state index contributed by atoms with van der Waals surface area (Å²) >= 11 is 1.72. The maximum Gasteiger partial charge on any atom is 0.0809 e. The molecule has 2 rings (SSSR count). The number of terminal acetylenes is 1. The molecule has 0 saturated heterocycles. The molecule has 0 saturated carbocycles. The van der Waals surface area contributed by atoms with E-state index in [0.29, 0.717) is 6.04 Å². The number of pyridine rings is 1. The van der Waals surface area contributed by atoms with Crippen molar-refractivity contribution in [1.29, 1.82) is 0 Å². The molecule has 1 N–H and O–H groups in total. The van der Waals surface area contributed by atoms with Crippen LogP contribution >= 0.6 is 11.3 Å². The first-order valence-electron chi connectivity index (χ1n) is 5.31. The number of nitrogens with one attached hydrogen (secondary N) is 1. The molecule has 0 radical (unpaired) electrons. The lowest BCUT2D eigenvalue weighted by Crippen LogP contribution is -2.19. The number of thiophene rings is 1. The number of rotatable bonds is 4. The van der Waals surface area contributed by atoms with E-state index in [9.17, 15) is 0 Å². The summed E-state index contributed by atoms with van der Waals surface area (Å²) in [5.74, 6) is 2.62. The lowest BCUT2D eigenvalue weighted by molar-refractivity contribution is 0.583. The molecule has 16 heavy (non-hydrogen) atoms. The highest BCUT2D eigenvalue weighted by atomic mass is 32.1. The summed E-state index contributed by atoms with van der Waals surface area (Å²) in [4.78, 5) is 4.42. The Morgan fingerprint density at radius 1 is 1.62 bits per heavy atom. The zero-order valence-corrected chi connectivity index (χ0v) is 10.1. The van der Waals surface area contributed by atoms with Crippen molar-refractivity contribution >= 4 is 21.6 Å². The molecular formula is C13H14N2S. The Morgan fingerprint density at radius 3 is 3.31 bits per heavy atom. The smallest absolute Gasteiger partial charge is 0.0809 e. The second kappa shape index (κ2) is 5.11. The minimum absolute atomic E-state index is 0.298. The molecule has 0 aliphatic rings. The SMILES string of the molecule is C#CCCNC(C)c1cnc2ccsc2c1. The second-order valence-electron chi connectivity index (χ2n) is 3.70. The van der Waals surface area contributed by atoms with Crippen LogP contribution in [0.25, 0.3) is 10.2 Å². The monoisotopic (exact) mass is 230 g/mol. The van der Waals surface area contributed by atoms with E-state index in [4.69, 9.17) is 6.42 Å². The van der Waals surface area contributed by atoms with Crippen LogP contribution in [-0.2, 0) is 0 Å². The maximum absolute atomic E-state index is 5.21. The van der Waals surface area contributed by atoms with Crippen molar-refractivity contribution in [2.24, 2.45) is 0 Å². The van der Waals surface area contributed by atoms with Crippen LogP contribution in [0.4, 0.5) is 0 Å². The summed E-state index contributed by atoms with van der Waals surface area (Å²) < 4.78 is 1.24. The van der Waals surface area contributed by atoms with Crippen molar-refractivity contribution in [2.75, 3.05) is 6.54 Å². The molecule has 1 unspecified atom stereocenters. The van der Waals surface area contributed by atoms with Gasteiger partial charge in [0, 0.05) is 25.2 Å². The largest absolute Gasteiger partial charge is 0.309 e. The fraction of sp³-hybridized carbons (Fsp3) is 0.308. The fourth-order valence-electron chi connectivity index (χ4n) is 1.58. The van der Waals surface area contributed by atoms with E-state index in [0.717, 1.165) is 18.5 Å². The zero-order chi connectivity index (χ0) is 11.4. The molecule has 2 heterocycles. The van der Waals surface area contributed by atoms with Gasteiger partial charge in [-0.1, -0.05) is 0 Å². The third-order valence-electron chi connectivity index (χ3n) is 2.54. The fourth-order valence-corrected chi connectivity index (χ4v) is 2.37. The average molecular weight is 230 g/mol. The van der Waals surface area contributed by atoms with Crippen LogP contribution in [0.15, 0.2) is 23.7 Å². The first-order valence-corrected chi connectivity index (χ1v) is 6.19. The van der Waals surface area contributed by atoms with E-state index >= 15 is 0 Å². The zero-order valence-electron chi connectivity index (χ0n) is 9.23. The van der Waals surface area contributed by atoms with Crippen molar-refractivity contribution in [3.05, 3.63) is 29.3 Å². The Balaban J connectivity index is 2.10. The van der Waals surface area contributed by atoms with Crippen LogP contribution in [-0.4, -0.2) is 11.5 Å². The van der Waals surface area contributed by atoms with Gasteiger partial charge in [-0.2, -0.15) is 0 Å². The van der Waals surface area contributed by atoms with Crippen LogP contribution in [0.1, 0.15) is 24.9 Å². The molecule has 82 valence electrons. The minimum Gasteiger partial charge on any atom is -0.309 e. The van der Waals surface area contributed by atoms with Crippen LogP contribution in [0.5, 0.6) is 0 Å². The predicted octanol–water partition coefficient (Wildman–Crippen LogP) is 2.97. The first kappa shape index (κ1) is 11.1. The van der Waals surface area contributed by atoms with Gasteiger partial charge < -0.3 is 5.32 Å². The topological polar surface area (TPSA) is 24.9 Å². The molecule has 0 amide bonds. The summed E-state index contributed by atoms with van der Waals surface area (Å²) in [6.45, 7) is 2.98. The van der Waals surface area contributed by atoms with Crippen molar-refractivity contribution in [1.82, 2.24) is 10.3 Å². The third-order valence-corrected chi connectivity index (χ3v) is 3.40. The quantitative estimate of drug-likeness (QED) is 0.645. The van der Waals surface area contributed by atoms with E-state index in [1.165, 1.54) is 10.3 Å². The normalized spacial score (nSPS) is 12.5. The van der Waals surface area contributed by atoms with Gasteiger partial charge in [0.2, 0.25) is 0 Å². The minimum atomic E-state index is 0.298. The molecular weight excluding hydrogens is 216 g/mol. The number of fused-ring (bicyclic) bond motifs is 1. The second-order valence-corrected chi connectivity index (χ2v) is 4.65. The average Bonchev–Trinajstić information content (AvgIpc) is 2.76. The molecule has 0 aliphatic carbocycles. The van der Waals surface area contributed by atoms with Crippen molar-refractivity contribution < 1.29 is 0 Å². The molecule has 2 nitrogen and oxygen atoms in total. The summed E-state index contributed by atoms with van der Waals surface area (Å²) in [5, 5.41) is 5.45. The Morgan fingerprint density at radius 2 is 2.50 bits per heavy atom. The Kier molecular flexibility index (Phi) is 3.55. The molecule has 2 aromatic heterocycles. The summed E-state index contributed by atoms with van der Waals surface area (Å²) in [5.41, 5.74) is 2.29. The summed E-state index contributed by atoms with van der Waals surface area (Å²) in [6, 6.07) is 4.54. The van der Waals surface area contributed by atoms with Gasteiger partial charge >= 0.3 is 0 Å². The van der Waals surface area contributed by atoms with Crippen molar-refractivity contribution in [3.63, 3.8) is 0 Å². The molecule has 0 bridgehead atoms. The number of nitrogens with zero attached hydrogens (tertiary/aromatic N) is 1. The van der Waals surface area contributed by atoms with Gasteiger partial charge in [0.15, 0.2) is 0 Å². The Bertz CT molecular complexity index is 510. The van der Waals surface area contributed by atoms with Gasteiger partial charge in [-0.15, -0.1) is 23.7 Å². The summed E-state index contributed by atoms with van der Waals surface area (Å²) in [7, 11) is 0. The lowest BCUT2D eigenvalue weighted by atomic mass is 10.1. The van der Waals surface area contributed by atoms with E-state index in [1.807, 2.05) is 12.3 Å². The molecule has 0 spiro atoms. The maximum atomic E-state index is 5.21. The van der Waals surface area contributed by atoms with Crippen LogP contribution in [0.3, 0.4) is 0 Å². The Hall–Kier alpha value is -1.37. The van der Waals surface area contributed by atoms with Crippen LogP contribution in [0, 0.1) is 12.3 Å². The first-order chi connectivity index (χ1) is 7.81. The standard InChI is InChI=1S/C13H14N2S/c1-3-4-6-14-10(2)11-8-13-12(15-9-11)5-7-16-13/h1,5,7-10,14H,4,6H2,2H3. The van der Waals surface area contributed by atoms with Gasteiger partial charge in [0.05, 0.1) is 10.2 Å². The summed E-state index contributed by atoms with van der Waals surface area (Å²) in [6.07, 6.45) is 7.91. The number of hydrogen-bond acceptors (Lipinski definition) is 3. The highest BCUT2D eigenvalue weighted by Crippen LogP contribution is 2.22. The highest BCUT2D eigenvalue weighted by molar-refractivity contribution is 7.17. The molecule has 0 fully saturated rings. The molecule has 3 heteroatoms. The number of aromatic nitrogens is 1. The molecule has 2 aromatic rings. The predicted molar refractivity (Wildman–Crippen MR) is 69.5 cm³/mol. The molecule has 0 aromatic carbocycles. The van der Waals surface area contributed by atoms with Gasteiger partial charge in [-0.05, 0) is 30.0 Å². The van der Waals surface area contributed by atoms with E-state index in [1.54, 1.807) is 11.3 Å². The highest BCUT2D eigenvalue weighted by Gasteiger charge is 2.06. The molecule has 1 atom stereocenters. The van der Waals surface area contributed by atoms with E-state index in [2.05, 4.69) is 34.6 Å². The van der Waals surface area contributed by atoms with Crippen LogP contribution < -0.4 is 5.32 Å². The third kappa shape index (κ3) is 2.41. The van der Waals surface area contributed by atoms with Gasteiger partial charge in [-0.3, -0.25) is 4.98 Å². The van der Waals surface area contributed by atoms with E-state index < -0.39 is 0 Å². The number of hydrogen-bond donors (Lipinski definition) is 1. The van der Waals surface area contributed by atoms with Gasteiger partial charge in [0.25, 0.3) is 0 Å². The van der Waals surface area contributed by atoms with Crippen LogP contribution in [0.2, 0.25) is 0 Å². The van der Waals surface area contributed by atoms with Crippen molar-refractivity contribution in [3.8, 4) is 12.3 Å². The Labute approximate surface area is 99.7 Å². The molecule has 0 aliphatic heterocycles. The van der Waals surface area contributed by atoms with Gasteiger partial charge in [-0.25, -0.2) is 0 Å². The van der Waals surface area contributed by atoms with E-state index in [-0.39, 0.29) is 0 Å².